The Kier molecular flexibility index (Phi) is 7.32. The summed E-state index contributed by atoms with van der Waals surface area (Å²) in [6.07, 6.45) is -1.61. The number of rotatable bonds is 7. The van der Waals surface area contributed by atoms with Gasteiger partial charge in [0, 0.05) is 0 Å². The van der Waals surface area contributed by atoms with Gasteiger partial charge in [-0.1, -0.05) is 6.92 Å². The second-order valence-electron chi connectivity index (χ2n) is 9.90. The van der Waals surface area contributed by atoms with Gasteiger partial charge >= 0.3 is 12.1 Å². The van der Waals surface area contributed by atoms with E-state index in [0.29, 0.717) is 32.1 Å². The van der Waals surface area contributed by atoms with E-state index in [1.54, 1.807) is 13.8 Å². The molecule has 0 aromatic heterocycles. The number of aliphatic hydroxyl groups is 1. The van der Waals surface area contributed by atoms with Crippen LogP contribution in [0.3, 0.4) is 0 Å². The Labute approximate surface area is 167 Å². The molecule has 28 heavy (non-hydrogen) atoms. The first kappa shape index (κ1) is 25.2. The normalized spacial score (nSPS) is 24.6. The molecule has 1 unspecified atom stereocenters. The fraction of sp³-hybridized carbons (Fsp3) is 0.952. The van der Waals surface area contributed by atoms with Gasteiger partial charge in [-0.15, -0.1) is 0 Å². The Morgan fingerprint density at radius 3 is 1.82 bits per heavy atom. The van der Waals surface area contributed by atoms with Crippen LogP contribution in [0, 0.1) is 11.3 Å². The Morgan fingerprint density at radius 2 is 1.43 bits per heavy atom. The van der Waals surface area contributed by atoms with Gasteiger partial charge in [0.2, 0.25) is 0 Å². The molecule has 1 aliphatic rings. The topological polar surface area (TPSA) is 55.8 Å². The zero-order valence-electron chi connectivity index (χ0n) is 18.5. The van der Waals surface area contributed by atoms with E-state index in [9.17, 15) is 23.1 Å². The van der Waals surface area contributed by atoms with Crippen LogP contribution in [0.1, 0.15) is 87.5 Å². The van der Waals surface area contributed by atoms with Gasteiger partial charge in [0.25, 0.3) is 0 Å². The van der Waals surface area contributed by atoms with Gasteiger partial charge in [0.05, 0.1) is 11.0 Å². The maximum Gasteiger partial charge on any atom is 0.419 e. The monoisotopic (exact) mass is 410 g/mol. The van der Waals surface area contributed by atoms with E-state index in [-0.39, 0.29) is 18.0 Å². The Morgan fingerprint density at radius 1 is 0.964 bits per heavy atom. The molecule has 1 fully saturated rings. The summed E-state index contributed by atoms with van der Waals surface area (Å²) in [6, 6.07) is 0. The van der Waals surface area contributed by atoms with Crippen molar-refractivity contribution in [3.05, 3.63) is 0 Å². The summed E-state index contributed by atoms with van der Waals surface area (Å²) < 4.78 is 51.3. The highest BCUT2D eigenvalue weighted by Gasteiger charge is 2.61. The average molecular weight is 411 g/mol. The minimum absolute atomic E-state index is 0.00458. The van der Waals surface area contributed by atoms with Gasteiger partial charge in [0.1, 0.15) is 11.7 Å². The molecule has 1 saturated carbocycles. The lowest BCUT2D eigenvalue weighted by Gasteiger charge is -2.48. The third-order valence-electron chi connectivity index (χ3n) is 6.61. The third kappa shape index (κ3) is 5.41. The van der Waals surface area contributed by atoms with Crippen molar-refractivity contribution in [2.45, 2.75) is 117 Å². The molecule has 0 heterocycles. The van der Waals surface area contributed by atoms with E-state index in [1.807, 2.05) is 20.8 Å². The summed E-state index contributed by atoms with van der Waals surface area (Å²) in [5.74, 6) is -0.207. The second kappa shape index (κ2) is 8.13. The quantitative estimate of drug-likeness (QED) is 0.570. The van der Waals surface area contributed by atoms with Gasteiger partial charge in [-0.25, -0.2) is 0 Å². The summed E-state index contributed by atoms with van der Waals surface area (Å²) in [7, 11) is 0. The molecule has 1 aliphatic carbocycles. The Hall–Kier alpha value is -0.820. The summed E-state index contributed by atoms with van der Waals surface area (Å²) in [6.45, 7) is 12.4. The fourth-order valence-electron chi connectivity index (χ4n) is 3.51. The molecule has 0 aliphatic heterocycles. The van der Waals surface area contributed by atoms with E-state index < -0.39 is 28.4 Å². The van der Waals surface area contributed by atoms with Gasteiger partial charge in [-0.05, 0) is 86.5 Å². The first-order chi connectivity index (χ1) is 12.4. The number of carbonyl (C=O) groups excluding carboxylic acids is 1. The molecule has 4 nitrogen and oxygen atoms in total. The standard InChI is InChI=1S/C21H37F3O4/c1-9-17(2,3)16(25)27-15-12-10-14(11-13-15)18(4,5)28-19(6,7)20(8,26)21(22,23)24/h14-15,26H,9-13H2,1-8H3. The van der Waals surface area contributed by atoms with Gasteiger partial charge < -0.3 is 14.6 Å². The van der Waals surface area contributed by atoms with Gasteiger partial charge in [-0.2, -0.15) is 13.2 Å². The molecule has 0 bridgehead atoms. The third-order valence-corrected chi connectivity index (χ3v) is 6.61. The van der Waals surface area contributed by atoms with Crippen molar-refractivity contribution in [3.63, 3.8) is 0 Å². The minimum atomic E-state index is -4.80. The zero-order chi connectivity index (χ0) is 22.2. The SMILES string of the molecule is CCC(C)(C)C(=O)OC1CCC(C(C)(C)OC(C)(C)C(C)(O)C(F)(F)F)CC1. The lowest BCUT2D eigenvalue weighted by Crippen LogP contribution is -2.62. The largest absolute Gasteiger partial charge is 0.462 e. The van der Waals surface area contributed by atoms with Crippen LogP contribution in [0.25, 0.3) is 0 Å². The van der Waals surface area contributed by atoms with Crippen LogP contribution in [0.2, 0.25) is 0 Å². The maximum absolute atomic E-state index is 13.3. The zero-order valence-corrected chi connectivity index (χ0v) is 18.5. The number of hydrogen-bond acceptors (Lipinski definition) is 4. The van der Waals surface area contributed by atoms with Crippen molar-refractivity contribution >= 4 is 5.97 Å². The Balaban J connectivity index is 2.74. The molecule has 1 atom stereocenters. The average Bonchev–Trinajstić information content (AvgIpc) is 2.53. The van der Waals surface area contributed by atoms with Crippen LogP contribution in [0.5, 0.6) is 0 Å². The van der Waals surface area contributed by atoms with Crippen molar-refractivity contribution in [3.8, 4) is 0 Å². The van der Waals surface area contributed by atoms with Gasteiger partial charge in [-0.3, -0.25) is 4.79 Å². The molecular formula is C21H37F3O4. The molecule has 0 aromatic carbocycles. The van der Waals surface area contributed by atoms with Crippen LogP contribution in [0.4, 0.5) is 13.2 Å². The minimum Gasteiger partial charge on any atom is -0.462 e. The van der Waals surface area contributed by atoms with E-state index in [2.05, 4.69) is 0 Å². The highest BCUT2D eigenvalue weighted by atomic mass is 19.4. The van der Waals surface area contributed by atoms with Crippen LogP contribution in [-0.2, 0) is 14.3 Å². The fourth-order valence-corrected chi connectivity index (χ4v) is 3.51. The highest BCUT2D eigenvalue weighted by molar-refractivity contribution is 5.75. The van der Waals surface area contributed by atoms with E-state index in [4.69, 9.17) is 9.47 Å². The summed E-state index contributed by atoms with van der Waals surface area (Å²) in [4.78, 5) is 12.3. The first-order valence-corrected chi connectivity index (χ1v) is 10.1. The molecular weight excluding hydrogens is 373 g/mol. The van der Waals surface area contributed by atoms with Crippen LogP contribution >= 0.6 is 0 Å². The predicted octanol–water partition coefficient (Wildman–Crippen LogP) is 5.41. The number of ether oxygens (including phenoxy) is 2. The number of halogens is 3. The second-order valence-corrected chi connectivity index (χ2v) is 9.90. The smallest absolute Gasteiger partial charge is 0.419 e. The molecule has 0 radical (unpaired) electrons. The van der Waals surface area contributed by atoms with E-state index in [1.165, 1.54) is 13.8 Å². The molecule has 1 N–H and O–H groups in total. The maximum atomic E-state index is 13.3. The summed E-state index contributed by atoms with van der Waals surface area (Å²) in [5.41, 5.74) is -6.18. The summed E-state index contributed by atoms with van der Waals surface area (Å²) in [5, 5.41) is 10.1. The Bertz CT molecular complexity index is 542. The van der Waals surface area contributed by atoms with Gasteiger partial charge in [0.15, 0.2) is 5.60 Å². The van der Waals surface area contributed by atoms with Crippen molar-refractivity contribution in [2.75, 3.05) is 0 Å². The number of alkyl halides is 3. The molecule has 7 heteroatoms. The predicted molar refractivity (Wildman–Crippen MR) is 102 cm³/mol. The van der Waals surface area contributed by atoms with Crippen LogP contribution in [0.15, 0.2) is 0 Å². The highest BCUT2D eigenvalue weighted by Crippen LogP contribution is 2.45. The summed E-state index contributed by atoms with van der Waals surface area (Å²) >= 11 is 0. The lowest BCUT2D eigenvalue weighted by molar-refractivity contribution is -0.331. The number of esters is 1. The molecule has 0 saturated heterocycles. The van der Waals surface area contributed by atoms with Crippen LogP contribution < -0.4 is 0 Å². The molecule has 0 amide bonds. The van der Waals surface area contributed by atoms with E-state index >= 15 is 0 Å². The molecule has 1 rings (SSSR count). The molecule has 166 valence electrons. The number of carbonyl (C=O) groups is 1. The van der Waals surface area contributed by atoms with Crippen molar-refractivity contribution in [1.29, 1.82) is 0 Å². The van der Waals surface area contributed by atoms with Crippen molar-refractivity contribution < 1.29 is 32.5 Å². The van der Waals surface area contributed by atoms with Crippen LogP contribution in [-0.4, -0.2) is 40.2 Å². The van der Waals surface area contributed by atoms with E-state index in [0.717, 1.165) is 6.92 Å². The molecule has 0 spiro atoms. The lowest BCUT2D eigenvalue weighted by atomic mass is 9.76. The number of hydrogen-bond donors (Lipinski definition) is 1. The van der Waals surface area contributed by atoms with Crippen molar-refractivity contribution in [2.24, 2.45) is 11.3 Å². The molecule has 0 aromatic rings. The van der Waals surface area contributed by atoms with Crippen molar-refractivity contribution in [1.82, 2.24) is 0 Å². The first-order valence-electron chi connectivity index (χ1n) is 10.1.